The molecule has 3 rings (SSSR count). The largest absolute Gasteiger partial charge is 0.573 e. The molecule has 2 amide bonds. The Morgan fingerprint density at radius 3 is 2.08 bits per heavy atom. The maximum Gasteiger partial charge on any atom is 0.573 e. The minimum atomic E-state index is -5.06. The van der Waals surface area contributed by atoms with E-state index >= 15 is 0 Å². The molecule has 16 heteroatoms. The van der Waals surface area contributed by atoms with E-state index in [2.05, 4.69) is 10.1 Å². The number of halogens is 9. The number of rotatable bonds is 5. The molecule has 0 saturated carbocycles. The summed E-state index contributed by atoms with van der Waals surface area (Å²) in [5.74, 6) is -0.689. The first-order valence-electron chi connectivity index (χ1n) is 11.0. The van der Waals surface area contributed by atoms with Gasteiger partial charge in [-0.05, 0) is 55.3 Å². The maximum atomic E-state index is 13.0. The van der Waals surface area contributed by atoms with Crippen molar-refractivity contribution >= 4 is 17.9 Å². The molecule has 0 saturated heterocycles. The van der Waals surface area contributed by atoms with E-state index in [1.54, 1.807) is 0 Å². The normalized spacial score (nSPS) is 17.8. The number of alkyl halides is 9. The lowest BCUT2D eigenvalue weighted by atomic mass is 9.92. The van der Waals surface area contributed by atoms with E-state index in [1.807, 2.05) is 0 Å². The Kier molecular flexibility index (Phi) is 8.17. The molecule has 2 N–H and O–H groups in total. The van der Waals surface area contributed by atoms with E-state index < -0.39 is 78.5 Å². The summed E-state index contributed by atoms with van der Waals surface area (Å²) >= 11 is 0. The van der Waals surface area contributed by atoms with Gasteiger partial charge in [0.05, 0.1) is 29.5 Å². The standard InChI is InChI=1S/C23H19F9N2O5/c1-11-6-17(16-10-15(39-23(30,31)32)2-3-18(16)34(11)20(36)37)33-19(35)38-5-4-12-7-13(21(24,25)26)9-14(8-12)22(27,28)29/h2-3,7-11,17H,4-6H2,1H3,(H,33,35)(H,36,37). The lowest BCUT2D eigenvalue weighted by Gasteiger charge is -2.37. The molecule has 0 aromatic heterocycles. The van der Waals surface area contributed by atoms with Crippen LogP contribution in [0.4, 0.5) is 54.8 Å². The number of carboxylic acid groups (broad SMARTS) is 1. The Morgan fingerprint density at radius 1 is 0.974 bits per heavy atom. The summed E-state index contributed by atoms with van der Waals surface area (Å²) < 4.78 is 125. The molecule has 214 valence electrons. The van der Waals surface area contributed by atoms with Crippen molar-refractivity contribution in [3.05, 3.63) is 58.7 Å². The molecule has 0 radical (unpaired) electrons. The van der Waals surface area contributed by atoms with E-state index in [9.17, 15) is 54.2 Å². The van der Waals surface area contributed by atoms with Gasteiger partial charge in [0.2, 0.25) is 0 Å². The van der Waals surface area contributed by atoms with Crippen molar-refractivity contribution < 1.29 is 63.7 Å². The van der Waals surface area contributed by atoms with Crippen molar-refractivity contribution in [1.29, 1.82) is 0 Å². The van der Waals surface area contributed by atoms with Crippen LogP contribution in [0.2, 0.25) is 0 Å². The highest BCUT2D eigenvalue weighted by Gasteiger charge is 2.38. The molecule has 0 spiro atoms. The summed E-state index contributed by atoms with van der Waals surface area (Å²) in [7, 11) is 0. The van der Waals surface area contributed by atoms with Gasteiger partial charge < -0.3 is 19.9 Å². The Labute approximate surface area is 214 Å². The molecular weight excluding hydrogens is 555 g/mol. The van der Waals surface area contributed by atoms with E-state index in [4.69, 9.17) is 4.74 Å². The Balaban J connectivity index is 1.75. The first-order valence-corrected chi connectivity index (χ1v) is 11.0. The number of hydrogen-bond acceptors (Lipinski definition) is 4. The first-order chi connectivity index (χ1) is 17.8. The Bertz CT molecular complexity index is 1200. The molecular formula is C23H19F9N2O5. The number of carbonyl (C=O) groups excluding carboxylic acids is 1. The average molecular weight is 574 g/mol. The molecule has 2 atom stereocenters. The fourth-order valence-corrected chi connectivity index (χ4v) is 4.08. The van der Waals surface area contributed by atoms with Gasteiger partial charge in [-0.2, -0.15) is 26.3 Å². The number of ether oxygens (including phenoxy) is 2. The zero-order chi connectivity index (χ0) is 29.3. The molecule has 2 aromatic rings. The Hall–Kier alpha value is -3.85. The van der Waals surface area contributed by atoms with Gasteiger partial charge in [-0.15, -0.1) is 13.2 Å². The van der Waals surface area contributed by atoms with Gasteiger partial charge >= 0.3 is 30.9 Å². The quantitative estimate of drug-likeness (QED) is 0.379. The topological polar surface area (TPSA) is 88.1 Å². The van der Waals surface area contributed by atoms with Crippen LogP contribution < -0.4 is 15.0 Å². The van der Waals surface area contributed by atoms with Gasteiger partial charge in [-0.1, -0.05) is 0 Å². The molecule has 2 unspecified atom stereocenters. The highest BCUT2D eigenvalue weighted by molar-refractivity contribution is 5.89. The lowest BCUT2D eigenvalue weighted by Crippen LogP contribution is -2.46. The van der Waals surface area contributed by atoms with E-state index in [-0.39, 0.29) is 23.7 Å². The van der Waals surface area contributed by atoms with E-state index in [0.29, 0.717) is 12.1 Å². The van der Waals surface area contributed by atoms with Crippen LogP contribution >= 0.6 is 0 Å². The van der Waals surface area contributed by atoms with Crippen molar-refractivity contribution in [3.63, 3.8) is 0 Å². The number of hydrogen-bond donors (Lipinski definition) is 2. The van der Waals surface area contributed by atoms with Crippen LogP contribution in [0, 0.1) is 0 Å². The van der Waals surface area contributed by atoms with Crippen LogP contribution in [0.25, 0.3) is 0 Å². The molecule has 0 fully saturated rings. The summed E-state index contributed by atoms with van der Waals surface area (Å²) in [4.78, 5) is 24.9. The summed E-state index contributed by atoms with van der Waals surface area (Å²) in [6.45, 7) is 0.834. The van der Waals surface area contributed by atoms with Gasteiger partial charge in [-0.3, -0.25) is 4.90 Å². The smallest absolute Gasteiger partial charge is 0.465 e. The summed E-state index contributed by atoms with van der Waals surface area (Å²) in [5, 5.41) is 11.8. The number of nitrogens with one attached hydrogen (secondary N) is 1. The van der Waals surface area contributed by atoms with Gasteiger partial charge in [0.15, 0.2) is 0 Å². The second-order valence-electron chi connectivity index (χ2n) is 8.50. The monoisotopic (exact) mass is 574 g/mol. The minimum Gasteiger partial charge on any atom is -0.465 e. The van der Waals surface area contributed by atoms with Gasteiger partial charge in [0, 0.05) is 18.0 Å². The highest BCUT2D eigenvalue weighted by Crippen LogP contribution is 2.40. The summed E-state index contributed by atoms with van der Waals surface area (Å²) in [6, 6.07) is 1.94. The number of amides is 2. The number of alkyl carbamates (subject to hydrolysis) is 1. The predicted octanol–water partition coefficient (Wildman–Crippen LogP) is 6.91. The Morgan fingerprint density at radius 2 is 1.56 bits per heavy atom. The lowest BCUT2D eigenvalue weighted by molar-refractivity contribution is -0.274. The van der Waals surface area contributed by atoms with E-state index in [1.165, 1.54) is 6.92 Å². The number of anilines is 1. The number of benzene rings is 2. The van der Waals surface area contributed by atoms with Crippen LogP contribution in [-0.2, 0) is 23.5 Å². The highest BCUT2D eigenvalue weighted by atomic mass is 19.4. The SMILES string of the molecule is CC1CC(NC(=O)OCCc2cc(C(F)(F)F)cc(C(F)(F)F)c2)c2cc(OC(F)(F)F)ccc2N1C(=O)O. The molecule has 0 aliphatic carbocycles. The second kappa shape index (κ2) is 10.7. The van der Waals surface area contributed by atoms with Crippen molar-refractivity contribution in [2.75, 3.05) is 11.5 Å². The fraction of sp³-hybridized carbons (Fsp3) is 0.391. The van der Waals surface area contributed by atoms with Gasteiger partial charge in [-0.25, -0.2) is 9.59 Å². The second-order valence-corrected chi connectivity index (χ2v) is 8.50. The number of carbonyl (C=O) groups is 2. The van der Waals surface area contributed by atoms with Crippen LogP contribution in [0.1, 0.15) is 41.6 Å². The van der Waals surface area contributed by atoms with Crippen molar-refractivity contribution in [2.45, 2.75) is 50.6 Å². The maximum absolute atomic E-state index is 13.0. The molecule has 1 aliphatic rings. The summed E-state index contributed by atoms with van der Waals surface area (Å²) in [6.07, 6.45) is -18.4. The van der Waals surface area contributed by atoms with Gasteiger partial charge in [0.1, 0.15) is 5.75 Å². The molecule has 1 aliphatic heterocycles. The zero-order valence-corrected chi connectivity index (χ0v) is 19.7. The van der Waals surface area contributed by atoms with Gasteiger partial charge in [0.25, 0.3) is 0 Å². The zero-order valence-electron chi connectivity index (χ0n) is 19.7. The van der Waals surface area contributed by atoms with Crippen molar-refractivity contribution in [2.24, 2.45) is 0 Å². The van der Waals surface area contributed by atoms with Crippen LogP contribution in [0.5, 0.6) is 5.75 Å². The average Bonchev–Trinajstić information content (AvgIpc) is 2.76. The third-order valence-corrected chi connectivity index (χ3v) is 5.65. The molecule has 1 heterocycles. The molecule has 39 heavy (non-hydrogen) atoms. The third-order valence-electron chi connectivity index (χ3n) is 5.65. The fourth-order valence-electron chi connectivity index (χ4n) is 4.08. The number of nitrogens with zero attached hydrogens (tertiary/aromatic N) is 1. The van der Waals surface area contributed by atoms with Crippen molar-refractivity contribution in [1.82, 2.24) is 5.32 Å². The molecule has 7 nitrogen and oxygen atoms in total. The van der Waals surface area contributed by atoms with Crippen LogP contribution in [0.15, 0.2) is 36.4 Å². The molecule has 2 aromatic carbocycles. The molecule has 0 bridgehead atoms. The van der Waals surface area contributed by atoms with E-state index in [0.717, 1.165) is 23.1 Å². The minimum absolute atomic E-state index is 0.0373. The third kappa shape index (κ3) is 7.60. The summed E-state index contributed by atoms with van der Waals surface area (Å²) in [5.41, 5.74) is -3.58. The van der Waals surface area contributed by atoms with Crippen LogP contribution in [0.3, 0.4) is 0 Å². The van der Waals surface area contributed by atoms with Crippen LogP contribution in [-0.4, -0.2) is 36.3 Å². The first kappa shape index (κ1) is 29.7. The van der Waals surface area contributed by atoms with Crippen molar-refractivity contribution in [3.8, 4) is 5.75 Å². The number of fused-ring (bicyclic) bond motifs is 1. The predicted molar refractivity (Wildman–Crippen MR) is 115 cm³/mol.